The van der Waals surface area contributed by atoms with Crippen LogP contribution in [-0.4, -0.2) is 29.5 Å². The molecule has 0 saturated carbocycles. The summed E-state index contributed by atoms with van der Waals surface area (Å²) in [6.07, 6.45) is 1.94. The molecule has 0 unspecified atom stereocenters. The molecule has 0 radical (unpaired) electrons. The lowest BCUT2D eigenvalue weighted by Crippen LogP contribution is -2.02. The number of thiophene rings is 1. The molecule has 0 saturated heterocycles. The number of hydrogen-bond acceptors (Lipinski definition) is 8. The molecule has 0 fully saturated rings. The highest BCUT2D eigenvalue weighted by Gasteiger charge is 2.15. The SMILES string of the molecule is COC(=O)c1sccc1OCc1nnc(SC)s1. The van der Waals surface area contributed by atoms with Gasteiger partial charge in [-0.15, -0.1) is 21.5 Å². The molecule has 0 atom stereocenters. The van der Waals surface area contributed by atoms with E-state index in [-0.39, 0.29) is 5.97 Å². The van der Waals surface area contributed by atoms with E-state index in [1.54, 1.807) is 23.2 Å². The number of hydrogen-bond donors (Lipinski definition) is 0. The first-order chi connectivity index (χ1) is 8.74. The van der Waals surface area contributed by atoms with Crippen LogP contribution in [0.25, 0.3) is 0 Å². The fourth-order valence-corrected chi connectivity index (χ4v) is 3.15. The Morgan fingerprint density at radius 2 is 2.33 bits per heavy atom. The van der Waals surface area contributed by atoms with Gasteiger partial charge in [-0.25, -0.2) is 4.79 Å². The molecule has 96 valence electrons. The van der Waals surface area contributed by atoms with Gasteiger partial charge in [-0.3, -0.25) is 0 Å². The first-order valence-electron chi connectivity index (χ1n) is 4.89. The Morgan fingerprint density at radius 3 is 3.00 bits per heavy atom. The van der Waals surface area contributed by atoms with Gasteiger partial charge in [0.2, 0.25) is 0 Å². The minimum Gasteiger partial charge on any atom is -0.485 e. The topological polar surface area (TPSA) is 61.3 Å². The second kappa shape index (κ2) is 6.17. The second-order valence-electron chi connectivity index (χ2n) is 3.06. The van der Waals surface area contributed by atoms with E-state index in [2.05, 4.69) is 14.9 Å². The van der Waals surface area contributed by atoms with Crippen molar-refractivity contribution >= 4 is 40.4 Å². The number of methoxy groups -OCH3 is 1. The largest absolute Gasteiger partial charge is 0.485 e. The Kier molecular flexibility index (Phi) is 4.56. The molecule has 2 rings (SSSR count). The highest BCUT2D eigenvalue weighted by atomic mass is 32.2. The molecule has 0 spiro atoms. The number of rotatable bonds is 5. The van der Waals surface area contributed by atoms with Gasteiger partial charge in [-0.05, 0) is 17.7 Å². The first-order valence-corrected chi connectivity index (χ1v) is 7.81. The number of esters is 1. The summed E-state index contributed by atoms with van der Waals surface area (Å²) in [4.78, 5) is 11.9. The molecule has 8 heteroatoms. The first kappa shape index (κ1) is 13.3. The lowest BCUT2D eigenvalue weighted by atomic mass is 10.4. The molecular weight excluding hydrogens is 292 g/mol. The molecule has 0 N–H and O–H groups in total. The number of nitrogens with zero attached hydrogens (tertiary/aromatic N) is 2. The average molecular weight is 302 g/mol. The van der Waals surface area contributed by atoms with Crippen LogP contribution >= 0.6 is 34.4 Å². The van der Waals surface area contributed by atoms with Gasteiger partial charge in [0.1, 0.15) is 12.4 Å². The highest BCUT2D eigenvalue weighted by molar-refractivity contribution is 8.00. The van der Waals surface area contributed by atoms with Crippen molar-refractivity contribution in [3.63, 3.8) is 0 Å². The summed E-state index contributed by atoms with van der Waals surface area (Å²) >= 11 is 4.31. The Morgan fingerprint density at radius 1 is 1.50 bits per heavy atom. The van der Waals surface area contributed by atoms with Crippen LogP contribution < -0.4 is 4.74 Å². The van der Waals surface area contributed by atoms with Gasteiger partial charge in [0.05, 0.1) is 7.11 Å². The minimum absolute atomic E-state index is 0.305. The van der Waals surface area contributed by atoms with Gasteiger partial charge < -0.3 is 9.47 Å². The zero-order valence-electron chi connectivity index (χ0n) is 9.71. The zero-order valence-corrected chi connectivity index (χ0v) is 12.2. The van der Waals surface area contributed by atoms with E-state index in [4.69, 9.17) is 4.74 Å². The molecule has 0 aliphatic rings. The number of aromatic nitrogens is 2. The quantitative estimate of drug-likeness (QED) is 0.625. The molecule has 18 heavy (non-hydrogen) atoms. The number of thioether (sulfide) groups is 1. The van der Waals surface area contributed by atoms with Crippen molar-refractivity contribution in [3.05, 3.63) is 21.3 Å². The molecule has 2 heterocycles. The molecule has 0 bridgehead atoms. The van der Waals surface area contributed by atoms with Crippen LogP contribution in [0.2, 0.25) is 0 Å². The van der Waals surface area contributed by atoms with Crippen molar-refractivity contribution in [2.45, 2.75) is 10.9 Å². The average Bonchev–Trinajstić information content (AvgIpc) is 3.03. The summed E-state index contributed by atoms with van der Waals surface area (Å²) in [7, 11) is 1.35. The number of carbonyl (C=O) groups excluding carboxylic acids is 1. The summed E-state index contributed by atoms with van der Waals surface area (Å²) in [5.74, 6) is 0.134. The molecule has 0 amide bonds. The maximum Gasteiger partial charge on any atom is 0.351 e. The van der Waals surface area contributed by atoms with Gasteiger partial charge in [0.15, 0.2) is 14.2 Å². The van der Waals surface area contributed by atoms with E-state index in [0.717, 1.165) is 9.35 Å². The normalized spacial score (nSPS) is 10.3. The summed E-state index contributed by atoms with van der Waals surface area (Å²) in [5, 5.41) is 10.5. The lowest BCUT2D eigenvalue weighted by Gasteiger charge is -2.03. The van der Waals surface area contributed by atoms with Crippen molar-refractivity contribution in [3.8, 4) is 5.75 Å². The summed E-state index contributed by atoms with van der Waals surface area (Å²) in [6, 6.07) is 1.74. The summed E-state index contributed by atoms with van der Waals surface area (Å²) in [6.45, 7) is 0.305. The van der Waals surface area contributed by atoms with Gasteiger partial charge in [-0.2, -0.15) is 0 Å². The van der Waals surface area contributed by atoms with Crippen molar-refractivity contribution in [2.24, 2.45) is 0 Å². The summed E-state index contributed by atoms with van der Waals surface area (Å²) < 4.78 is 11.1. The second-order valence-corrected chi connectivity index (χ2v) is 6.09. The van der Waals surface area contributed by atoms with Crippen LogP contribution in [0.3, 0.4) is 0 Å². The molecule has 0 aromatic carbocycles. The van der Waals surface area contributed by atoms with Crippen molar-refractivity contribution in [2.75, 3.05) is 13.4 Å². The third-order valence-corrected chi connectivity index (χ3v) is 4.72. The lowest BCUT2D eigenvalue weighted by molar-refractivity contribution is 0.0601. The van der Waals surface area contributed by atoms with E-state index in [9.17, 15) is 4.79 Å². The van der Waals surface area contributed by atoms with Gasteiger partial charge in [-0.1, -0.05) is 23.1 Å². The van der Waals surface area contributed by atoms with E-state index in [0.29, 0.717) is 17.2 Å². The van der Waals surface area contributed by atoms with Gasteiger partial charge >= 0.3 is 5.97 Å². The van der Waals surface area contributed by atoms with Gasteiger partial charge in [0, 0.05) is 0 Å². The fraction of sp³-hybridized carbons (Fsp3) is 0.300. The maximum absolute atomic E-state index is 11.4. The molecular formula is C10H10N2O3S3. The van der Waals surface area contributed by atoms with Crippen LogP contribution in [0.4, 0.5) is 0 Å². The van der Waals surface area contributed by atoms with Crippen molar-refractivity contribution < 1.29 is 14.3 Å². The molecule has 0 aliphatic heterocycles. The number of ether oxygens (including phenoxy) is 2. The van der Waals surface area contributed by atoms with E-state index in [1.807, 2.05) is 6.26 Å². The molecule has 5 nitrogen and oxygen atoms in total. The third-order valence-electron chi connectivity index (χ3n) is 1.97. The van der Waals surface area contributed by atoms with Crippen LogP contribution in [0, 0.1) is 0 Å². The van der Waals surface area contributed by atoms with Crippen LogP contribution in [-0.2, 0) is 11.3 Å². The molecule has 2 aromatic rings. The van der Waals surface area contributed by atoms with Crippen molar-refractivity contribution in [1.82, 2.24) is 10.2 Å². The number of carbonyl (C=O) groups is 1. The van der Waals surface area contributed by atoms with E-state index in [1.165, 1.54) is 29.8 Å². The Labute approximate surface area is 116 Å². The smallest absolute Gasteiger partial charge is 0.351 e. The maximum atomic E-state index is 11.4. The monoisotopic (exact) mass is 302 g/mol. The predicted octanol–water partition coefficient (Wildman–Crippen LogP) is 2.69. The van der Waals surface area contributed by atoms with Gasteiger partial charge in [0.25, 0.3) is 0 Å². The van der Waals surface area contributed by atoms with Crippen LogP contribution in [0.5, 0.6) is 5.75 Å². The fourth-order valence-electron chi connectivity index (χ4n) is 1.17. The Bertz CT molecular complexity index is 538. The predicted molar refractivity (Wildman–Crippen MR) is 71.7 cm³/mol. The minimum atomic E-state index is -0.387. The standard InChI is InChI=1S/C10H10N2O3S3/c1-14-9(13)8-6(3-4-17-8)15-5-7-11-12-10(16-2)18-7/h3-4H,5H2,1-2H3. The van der Waals surface area contributed by atoms with E-state index < -0.39 is 0 Å². The van der Waals surface area contributed by atoms with Crippen molar-refractivity contribution in [1.29, 1.82) is 0 Å². The third kappa shape index (κ3) is 3.01. The Balaban J connectivity index is 2.02. The molecule has 0 aliphatic carbocycles. The zero-order chi connectivity index (χ0) is 13.0. The van der Waals surface area contributed by atoms with E-state index >= 15 is 0 Å². The van der Waals surface area contributed by atoms with Crippen LogP contribution in [0.1, 0.15) is 14.7 Å². The molecule has 2 aromatic heterocycles. The Hall–Kier alpha value is -1.12. The summed E-state index contributed by atoms with van der Waals surface area (Å²) in [5.41, 5.74) is 0. The highest BCUT2D eigenvalue weighted by Crippen LogP contribution is 2.27. The van der Waals surface area contributed by atoms with Crippen LogP contribution in [0.15, 0.2) is 15.8 Å².